The van der Waals surface area contributed by atoms with E-state index in [2.05, 4.69) is 4.90 Å². The molecule has 1 aromatic heterocycles. The number of rotatable bonds is 6. The fraction of sp³-hybridized carbons (Fsp3) is 0.350. The monoisotopic (exact) mass is 401 g/mol. The third-order valence-electron chi connectivity index (χ3n) is 4.84. The minimum absolute atomic E-state index is 0.0599. The third kappa shape index (κ3) is 4.92. The van der Waals surface area contributed by atoms with E-state index in [0.29, 0.717) is 31.9 Å². The summed E-state index contributed by atoms with van der Waals surface area (Å²) in [6, 6.07) is 8.34. The number of amidine groups is 1. The van der Waals surface area contributed by atoms with Gasteiger partial charge in [-0.05, 0) is 12.1 Å². The molecule has 0 spiro atoms. The second-order valence-corrected chi connectivity index (χ2v) is 6.92. The van der Waals surface area contributed by atoms with E-state index in [-0.39, 0.29) is 30.0 Å². The first kappa shape index (κ1) is 20.4. The summed E-state index contributed by atoms with van der Waals surface area (Å²) >= 11 is 0. The molecule has 8 nitrogen and oxygen atoms in total. The largest absolute Gasteiger partial charge is 0.460 e. The highest BCUT2D eigenvalue weighted by atomic mass is 19.1. The summed E-state index contributed by atoms with van der Waals surface area (Å²) in [5.74, 6) is -1.37. The van der Waals surface area contributed by atoms with Gasteiger partial charge in [-0.2, -0.15) is 0 Å². The van der Waals surface area contributed by atoms with Gasteiger partial charge in [0.15, 0.2) is 5.82 Å². The van der Waals surface area contributed by atoms with Gasteiger partial charge in [0, 0.05) is 51.1 Å². The van der Waals surface area contributed by atoms with E-state index in [1.165, 1.54) is 10.6 Å². The van der Waals surface area contributed by atoms with Crippen molar-refractivity contribution >= 4 is 23.2 Å². The molecule has 0 saturated carbocycles. The van der Waals surface area contributed by atoms with E-state index in [4.69, 9.17) is 15.9 Å². The Kier molecular flexibility index (Phi) is 6.16. The normalized spacial score (nSPS) is 14.0. The molecule has 1 aliphatic heterocycles. The first-order chi connectivity index (χ1) is 13.8. The van der Waals surface area contributed by atoms with Crippen LogP contribution in [-0.2, 0) is 23.2 Å². The standard InChI is InChI=1S/C20H24FN5O3/c1-24-12-15(5-6-18(24)27)25-7-9-26(10-8-25)16-4-2-3-14(20(16)21)13-29-19(28)11-17(22)23/h2-6,12H,7-11,13H2,1H3,(H3,22,23). The van der Waals surface area contributed by atoms with Crippen molar-refractivity contribution in [3.05, 3.63) is 58.3 Å². The highest BCUT2D eigenvalue weighted by Crippen LogP contribution is 2.25. The van der Waals surface area contributed by atoms with Crippen LogP contribution in [0, 0.1) is 11.2 Å². The Morgan fingerprint density at radius 1 is 1.17 bits per heavy atom. The number of esters is 1. The van der Waals surface area contributed by atoms with Crippen LogP contribution in [0.25, 0.3) is 0 Å². The van der Waals surface area contributed by atoms with Gasteiger partial charge in [0.25, 0.3) is 0 Å². The maximum absolute atomic E-state index is 14.9. The number of pyridine rings is 1. The van der Waals surface area contributed by atoms with Gasteiger partial charge in [-0.3, -0.25) is 15.0 Å². The van der Waals surface area contributed by atoms with Crippen LogP contribution in [0.2, 0.25) is 0 Å². The minimum Gasteiger partial charge on any atom is -0.460 e. The van der Waals surface area contributed by atoms with Crippen LogP contribution in [0.15, 0.2) is 41.3 Å². The molecule has 29 heavy (non-hydrogen) atoms. The lowest BCUT2D eigenvalue weighted by Gasteiger charge is -2.37. The molecule has 0 unspecified atom stereocenters. The average molecular weight is 401 g/mol. The summed E-state index contributed by atoms with van der Waals surface area (Å²) in [4.78, 5) is 27.2. The molecule has 3 N–H and O–H groups in total. The number of nitrogens with one attached hydrogen (secondary N) is 1. The smallest absolute Gasteiger partial charge is 0.313 e. The molecular formula is C20H24FN5O3. The molecule has 0 atom stereocenters. The van der Waals surface area contributed by atoms with Crippen LogP contribution < -0.4 is 21.1 Å². The fourth-order valence-corrected chi connectivity index (χ4v) is 3.26. The summed E-state index contributed by atoms with van der Waals surface area (Å²) in [5.41, 5.74) is 6.80. The summed E-state index contributed by atoms with van der Waals surface area (Å²) in [6.07, 6.45) is 1.49. The molecule has 2 heterocycles. The molecule has 1 fully saturated rings. The third-order valence-corrected chi connectivity index (χ3v) is 4.84. The number of piperazine rings is 1. The van der Waals surface area contributed by atoms with Crippen LogP contribution >= 0.6 is 0 Å². The molecule has 1 aromatic carbocycles. The van der Waals surface area contributed by atoms with E-state index in [0.717, 1.165) is 5.69 Å². The van der Waals surface area contributed by atoms with Gasteiger partial charge in [0.1, 0.15) is 18.9 Å². The van der Waals surface area contributed by atoms with Gasteiger partial charge >= 0.3 is 5.97 Å². The highest BCUT2D eigenvalue weighted by Gasteiger charge is 2.21. The SMILES string of the molecule is Cn1cc(N2CCN(c3cccc(COC(=O)CC(=N)N)c3F)CC2)ccc1=O. The number of halogens is 1. The van der Waals surface area contributed by atoms with Crippen molar-refractivity contribution in [3.8, 4) is 0 Å². The minimum atomic E-state index is -0.659. The molecule has 3 rings (SSSR count). The Morgan fingerprint density at radius 3 is 2.52 bits per heavy atom. The highest BCUT2D eigenvalue weighted by molar-refractivity contribution is 5.94. The van der Waals surface area contributed by atoms with Gasteiger partial charge in [0.2, 0.25) is 5.56 Å². The fourth-order valence-electron chi connectivity index (χ4n) is 3.26. The van der Waals surface area contributed by atoms with Crippen molar-refractivity contribution in [1.29, 1.82) is 5.41 Å². The number of benzene rings is 1. The predicted molar refractivity (Wildman–Crippen MR) is 109 cm³/mol. The summed E-state index contributed by atoms with van der Waals surface area (Å²) < 4.78 is 21.5. The zero-order chi connectivity index (χ0) is 21.0. The quantitative estimate of drug-likeness (QED) is 0.428. The van der Waals surface area contributed by atoms with E-state index in [1.807, 2.05) is 4.90 Å². The van der Waals surface area contributed by atoms with Crippen LogP contribution in [0.1, 0.15) is 12.0 Å². The summed E-state index contributed by atoms with van der Waals surface area (Å²) in [5, 5.41) is 7.09. The van der Waals surface area contributed by atoms with E-state index >= 15 is 0 Å². The van der Waals surface area contributed by atoms with Crippen molar-refractivity contribution < 1.29 is 13.9 Å². The Hall–Kier alpha value is -3.36. The van der Waals surface area contributed by atoms with E-state index in [1.54, 1.807) is 37.5 Å². The van der Waals surface area contributed by atoms with Crippen molar-refractivity contribution in [2.45, 2.75) is 13.0 Å². The van der Waals surface area contributed by atoms with Crippen molar-refractivity contribution in [1.82, 2.24) is 4.57 Å². The van der Waals surface area contributed by atoms with Gasteiger partial charge in [-0.15, -0.1) is 0 Å². The molecule has 0 amide bonds. The number of hydrogen-bond donors (Lipinski definition) is 2. The second-order valence-electron chi connectivity index (χ2n) is 6.92. The lowest BCUT2D eigenvalue weighted by Crippen LogP contribution is -2.47. The van der Waals surface area contributed by atoms with Gasteiger partial charge in [0.05, 0.1) is 11.4 Å². The molecule has 0 bridgehead atoms. The topological polar surface area (TPSA) is 105 Å². The zero-order valence-corrected chi connectivity index (χ0v) is 16.2. The molecular weight excluding hydrogens is 377 g/mol. The number of carbonyl (C=O) groups is 1. The molecule has 0 aliphatic carbocycles. The van der Waals surface area contributed by atoms with Crippen molar-refractivity contribution in [2.24, 2.45) is 12.8 Å². The molecule has 154 valence electrons. The number of nitrogens with two attached hydrogens (primary N) is 1. The molecule has 2 aromatic rings. The van der Waals surface area contributed by atoms with E-state index in [9.17, 15) is 14.0 Å². The number of aromatic nitrogens is 1. The molecule has 0 radical (unpaired) electrons. The first-order valence-electron chi connectivity index (χ1n) is 9.27. The first-order valence-corrected chi connectivity index (χ1v) is 9.27. The predicted octanol–water partition coefficient (Wildman–Crippen LogP) is 1.22. The Labute approximate surface area is 167 Å². The van der Waals surface area contributed by atoms with Crippen LogP contribution in [0.4, 0.5) is 15.8 Å². The number of anilines is 2. The zero-order valence-electron chi connectivity index (χ0n) is 16.2. The van der Waals surface area contributed by atoms with Gasteiger partial charge in [-0.25, -0.2) is 4.39 Å². The van der Waals surface area contributed by atoms with Gasteiger partial charge in [-0.1, -0.05) is 12.1 Å². The number of hydrogen-bond acceptors (Lipinski definition) is 6. The number of aryl methyl sites for hydroxylation is 1. The second kappa shape index (κ2) is 8.76. The lowest BCUT2D eigenvalue weighted by atomic mass is 10.1. The maximum Gasteiger partial charge on any atom is 0.313 e. The molecule has 1 saturated heterocycles. The molecule has 1 aliphatic rings. The average Bonchev–Trinajstić information content (AvgIpc) is 2.69. The van der Waals surface area contributed by atoms with Crippen LogP contribution in [0.3, 0.4) is 0 Å². The summed E-state index contributed by atoms with van der Waals surface area (Å²) in [6.45, 7) is 2.41. The maximum atomic E-state index is 14.9. The Bertz CT molecular complexity index is 967. The van der Waals surface area contributed by atoms with Crippen molar-refractivity contribution in [2.75, 3.05) is 36.0 Å². The Balaban J connectivity index is 1.64. The van der Waals surface area contributed by atoms with Crippen LogP contribution in [0.5, 0.6) is 0 Å². The number of nitrogens with zero attached hydrogens (tertiary/aromatic N) is 3. The van der Waals surface area contributed by atoms with E-state index < -0.39 is 11.8 Å². The number of carbonyl (C=O) groups excluding carboxylic acids is 1. The lowest BCUT2D eigenvalue weighted by molar-refractivity contribution is -0.143. The van der Waals surface area contributed by atoms with Crippen molar-refractivity contribution in [3.63, 3.8) is 0 Å². The van der Waals surface area contributed by atoms with Crippen LogP contribution in [-0.4, -0.2) is 42.6 Å². The number of ether oxygens (including phenoxy) is 1. The molecule has 9 heteroatoms. The van der Waals surface area contributed by atoms with Gasteiger partial charge < -0.3 is 24.8 Å². The Morgan fingerprint density at radius 2 is 1.86 bits per heavy atom. The summed E-state index contributed by atoms with van der Waals surface area (Å²) in [7, 11) is 1.71.